The third kappa shape index (κ3) is 3.38. The Hall–Kier alpha value is -3.29. The SMILES string of the molecule is Cc1ccn(C2CC2)c(=O)c1C(=O)N(C)Cc1nc(-c2ccccn2)no1. The molecular formula is C19H19N5O3. The zero-order valence-electron chi connectivity index (χ0n) is 15.1. The molecule has 1 amide bonds. The summed E-state index contributed by atoms with van der Waals surface area (Å²) in [7, 11) is 1.61. The Kier molecular flexibility index (Phi) is 4.31. The fourth-order valence-corrected chi connectivity index (χ4v) is 2.93. The predicted octanol–water partition coefficient (Wildman–Crippen LogP) is 2.21. The molecule has 0 unspecified atom stereocenters. The summed E-state index contributed by atoms with van der Waals surface area (Å²) in [5.41, 5.74) is 1.20. The first-order chi connectivity index (χ1) is 13.0. The molecule has 0 aromatic carbocycles. The van der Waals surface area contributed by atoms with Gasteiger partial charge in [-0.15, -0.1) is 0 Å². The molecule has 4 rings (SSSR count). The molecule has 0 spiro atoms. The van der Waals surface area contributed by atoms with Gasteiger partial charge >= 0.3 is 0 Å². The lowest BCUT2D eigenvalue weighted by atomic mass is 10.1. The first kappa shape index (κ1) is 17.1. The van der Waals surface area contributed by atoms with E-state index in [4.69, 9.17) is 4.52 Å². The summed E-state index contributed by atoms with van der Waals surface area (Å²) in [4.78, 5) is 35.5. The maximum absolute atomic E-state index is 12.9. The van der Waals surface area contributed by atoms with Crippen molar-refractivity contribution < 1.29 is 9.32 Å². The van der Waals surface area contributed by atoms with Crippen LogP contribution in [-0.2, 0) is 6.54 Å². The number of aryl methyl sites for hydroxylation is 1. The zero-order valence-corrected chi connectivity index (χ0v) is 15.1. The highest BCUT2D eigenvalue weighted by molar-refractivity contribution is 5.95. The van der Waals surface area contributed by atoms with E-state index in [0.29, 0.717) is 17.1 Å². The Bertz CT molecular complexity index is 1040. The second kappa shape index (κ2) is 6.79. The zero-order chi connectivity index (χ0) is 19.0. The van der Waals surface area contributed by atoms with E-state index in [0.717, 1.165) is 12.8 Å². The van der Waals surface area contributed by atoms with Gasteiger partial charge in [-0.1, -0.05) is 11.2 Å². The lowest BCUT2D eigenvalue weighted by Crippen LogP contribution is -2.35. The van der Waals surface area contributed by atoms with Gasteiger partial charge in [0, 0.05) is 25.5 Å². The maximum Gasteiger partial charge on any atom is 0.263 e. The van der Waals surface area contributed by atoms with Crippen molar-refractivity contribution in [2.45, 2.75) is 32.4 Å². The largest absolute Gasteiger partial charge is 0.337 e. The molecule has 3 aromatic heterocycles. The van der Waals surface area contributed by atoms with Gasteiger partial charge in [0.2, 0.25) is 11.7 Å². The quantitative estimate of drug-likeness (QED) is 0.688. The molecule has 1 fully saturated rings. The number of carbonyl (C=O) groups excluding carboxylic acids is 1. The summed E-state index contributed by atoms with van der Waals surface area (Å²) >= 11 is 0. The van der Waals surface area contributed by atoms with Gasteiger partial charge in [0.25, 0.3) is 11.5 Å². The van der Waals surface area contributed by atoms with Crippen molar-refractivity contribution >= 4 is 5.91 Å². The molecular weight excluding hydrogens is 346 g/mol. The highest BCUT2D eigenvalue weighted by Gasteiger charge is 2.28. The number of pyridine rings is 2. The van der Waals surface area contributed by atoms with Crippen LogP contribution in [0.15, 0.2) is 46.0 Å². The normalized spacial score (nSPS) is 13.6. The van der Waals surface area contributed by atoms with Gasteiger partial charge in [-0.25, -0.2) is 0 Å². The van der Waals surface area contributed by atoms with Gasteiger partial charge in [0.15, 0.2) is 0 Å². The van der Waals surface area contributed by atoms with E-state index in [2.05, 4.69) is 15.1 Å². The molecule has 0 N–H and O–H groups in total. The summed E-state index contributed by atoms with van der Waals surface area (Å²) in [5, 5.41) is 3.90. The van der Waals surface area contributed by atoms with Crippen molar-refractivity contribution in [3.8, 4) is 11.5 Å². The molecule has 0 atom stereocenters. The van der Waals surface area contributed by atoms with Crippen LogP contribution in [0.5, 0.6) is 0 Å². The molecule has 8 heteroatoms. The number of aromatic nitrogens is 4. The van der Waals surface area contributed by atoms with Crippen LogP contribution in [-0.4, -0.2) is 37.5 Å². The van der Waals surface area contributed by atoms with E-state index < -0.39 is 0 Å². The highest BCUT2D eigenvalue weighted by atomic mass is 16.5. The molecule has 3 heterocycles. The van der Waals surface area contributed by atoms with E-state index in [1.165, 1.54) is 4.90 Å². The van der Waals surface area contributed by atoms with Crippen molar-refractivity contribution in [2.75, 3.05) is 7.05 Å². The molecule has 0 radical (unpaired) electrons. The van der Waals surface area contributed by atoms with Gasteiger partial charge in [0.1, 0.15) is 17.8 Å². The predicted molar refractivity (Wildman–Crippen MR) is 97.0 cm³/mol. The van der Waals surface area contributed by atoms with Crippen LogP contribution in [0, 0.1) is 6.92 Å². The molecule has 1 aliphatic carbocycles. The Morgan fingerprint density at radius 2 is 2.15 bits per heavy atom. The van der Waals surface area contributed by atoms with E-state index in [1.54, 1.807) is 43.1 Å². The summed E-state index contributed by atoms with van der Waals surface area (Å²) in [5.74, 6) is 0.283. The van der Waals surface area contributed by atoms with Gasteiger partial charge in [0.05, 0.1) is 0 Å². The van der Waals surface area contributed by atoms with E-state index >= 15 is 0 Å². The van der Waals surface area contributed by atoms with E-state index in [9.17, 15) is 9.59 Å². The smallest absolute Gasteiger partial charge is 0.263 e. The van der Waals surface area contributed by atoms with Gasteiger partial charge < -0.3 is 14.0 Å². The topological polar surface area (TPSA) is 94.1 Å². The first-order valence-electron chi connectivity index (χ1n) is 8.76. The maximum atomic E-state index is 12.9. The fraction of sp³-hybridized carbons (Fsp3) is 0.316. The molecule has 138 valence electrons. The van der Waals surface area contributed by atoms with Crippen molar-refractivity contribution in [1.82, 2.24) is 24.6 Å². The van der Waals surface area contributed by atoms with Crippen LogP contribution in [0.4, 0.5) is 0 Å². The van der Waals surface area contributed by atoms with Crippen molar-refractivity contribution in [3.63, 3.8) is 0 Å². The summed E-state index contributed by atoms with van der Waals surface area (Å²) in [6.07, 6.45) is 5.36. The highest BCUT2D eigenvalue weighted by Crippen LogP contribution is 2.33. The second-order valence-corrected chi connectivity index (χ2v) is 6.71. The number of hydrogen-bond donors (Lipinski definition) is 0. The molecule has 8 nitrogen and oxygen atoms in total. The van der Waals surface area contributed by atoms with Gasteiger partial charge in [-0.3, -0.25) is 14.6 Å². The number of nitrogens with zero attached hydrogens (tertiary/aromatic N) is 5. The molecule has 1 saturated carbocycles. The fourth-order valence-electron chi connectivity index (χ4n) is 2.93. The van der Waals surface area contributed by atoms with Crippen LogP contribution in [0.1, 0.15) is 40.7 Å². The summed E-state index contributed by atoms with van der Waals surface area (Å²) in [6, 6.07) is 7.43. The van der Waals surface area contributed by atoms with Crippen LogP contribution < -0.4 is 5.56 Å². The molecule has 3 aromatic rings. The monoisotopic (exact) mass is 365 g/mol. The van der Waals surface area contributed by atoms with Crippen molar-refractivity contribution in [1.29, 1.82) is 0 Å². The Morgan fingerprint density at radius 3 is 2.85 bits per heavy atom. The Balaban J connectivity index is 1.55. The minimum atomic E-state index is -0.356. The molecule has 0 saturated heterocycles. The van der Waals surface area contributed by atoms with E-state index in [1.807, 2.05) is 12.1 Å². The number of amides is 1. The number of rotatable bonds is 5. The van der Waals surface area contributed by atoms with Crippen molar-refractivity contribution in [2.24, 2.45) is 0 Å². The Labute approximate surface area is 155 Å². The second-order valence-electron chi connectivity index (χ2n) is 6.71. The minimum absolute atomic E-state index is 0.107. The molecule has 27 heavy (non-hydrogen) atoms. The summed E-state index contributed by atoms with van der Waals surface area (Å²) < 4.78 is 6.88. The molecule has 0 bridgehead atoms. The lowest BCUT2D eigenvalue weighted by Gasteiger charge is -2.17. The van der Waals surface area contributed by atoms with Crippen LogP contribution in [0.25, 0.3) is 11.5 Å². The average Bonchev–Trinajstić information content (AvgIpc) is 3.40. The standard InChI is InChI=1S/C19H19N5O3/c1-12-8-10-24(13-6-7-13)19(26)16(12)18(25)23(2)11-15-21-17(22-27-15)14-5-3-4-9-20-14/h3-5,8-10,13H,6-7,11H2,1-2H3. The third-order valence-electron chi connectivity index (χ3n) is 4.56. The van der Waals surface area contributed by atoms with E-state index in [-0.39, 0.29) is 35.5 Å². The third-order valence-corrected chi connectivity index (χ3v) is 4.56. The van der Waals surface area contributed by atoms with Gasteiger partial charge in [-0.2, -0.15) is 4.98 Å². The number of carbonyl (C=O) groups is 1. The van der Waals surface area contributed by atoms with Crippen LogP contribution in [0.3, 0.4) is 0 Å². The van der Waals surface area contributed by atoms with Crippen LogP contribution >= 0.6 is 0 Å². The number of hydrogen-bond acceptors (Lipinski definition) is 6. The lowest BCUT2D eigenvalue weighted by molar-refractivity contribution is 0.0766. The summed E-state index contributed by atoms with van der Waals surface area (Å²) in [6.45, 7) is 1.88. The van der Waals surface area contributed by atoms with Crippen molar-refractivity contribution in [3.05, 3.63) is 64.0 Å². The average molecular weight is 365 g/mol. The first-order valence-corrected chi connectivity index (χ1v) is 8.76. The Morgan fingerprint density at radius 1 is 1.33 bits per heavy atom. The molecule has 1 aliphatic rings. The molecule has 0 aliphatic heterocycles. The van der Waals surface area contributed by atoms with Gasteiger partial charge in [-0.05, 0) is 43.5 Å². The van der Waals surface area contributed by atoms with Crippen LogP contribution in [0.2, 0.25) is 0 Å². The minimum Gasteiger partial charge on any atom is -0.337 e.